The number of carboxylic acid groups (broad SMARTS) is 1. The van der Waals surface area contributed by atoms with Crippen molar-refractivity contribution >= 4 is 34.1 Å². The lowest BCUT2D eigenvalue weighted by atomic mass is 9.90. The first kappa shape index (κ1) is 20.4. The molecule has 0 saturated heterocycles. The highest BCUT2D eigenvalue weighted by atomic mass is 19.1. The van der Waals surface area contributed by atoms with Crippen molar-refractivity contribution in [3.8, 4) is 0 Å². The van der Waals surface area contributed by atoms with Gasteiger partial charge in [-0.15, -0.1) is 0 Å². The SMILES string of the molecule is CCC1(C(=O)NC(CC(=O)O)C(=O)CF)CC(c2nccc3ccccc23)=NO1. The number of carbonyl (C=O) groups excluding carboxylic acids is 2. The molecule has 0 spiro atoms. The lowest BCUT2D eigenvalue weighted by Crippen LogP contribution is -2.53. The number of fused-ring (bicyclic) bond motifs is 1. The van der Waals surface area contributed by atoms with Crippen LogP contribution in [0.3, 0.4) is 0 Å². The van der Waals surface area contributed by atoms with Crippen LogP contribution < -0.4 is 5.32 Å². The zero-order valence-corrected chi connectivity index (χ0v) is 15.7. The number of hydrogen-bond donors (Lipinski definition) is 2. The van der Waals surface area contributed by atoms with Gasteiger partial charge in [0.1, 0.15) is 18.4 Å². The van der Waals surface area contributed by atoms with Gasteiger partial charge in [0.2, 0.25) is 5.60 Å². The van der Waals surface area contributed by atoms with E-state index in [9.17, 15) is 18.8 Å². The fourth-order valence-corrected chi connectivity index (χ4v) is 3.23. The predicted octanol–water partition coefficient (Wildman–Crippen LogP) is 2.01. The summed E-state index contributed by atoms with van der Waals surface area (Å²) in [6.45, 7) is 0.331. The number of aliphatic carboxylic acids is 1. The maximum absolute atomic E-state index is 12.9. The third-order valence-corrected chi connectivity index (χ3v) is 4.92. The number of alkyl halides is 1. The summed E-state index contributed by atoms with van der Waals surface area (Å²) in [7, 11) is 0. The molecule has 1 aromatic carbocycles. The number of carbonyl (C=O) groups is 3. The Bertz CT molecular complexity index is 988. The van der Waals surface area contributed by atoms with Gasteiger partial charge in [0, 0.05) is 18.0 Å². The second kappa shape index (κ2) is 8.34. The van der Waals surface area contributed by atoms with Crippen LogP contribution in [-0.4, -0.2) is 51.8 Å². The molecule has 1 aliphatic rings. The third kappa shape index (κ3) is 4.08. The van der Waals surface area contributed by atoms with Gasteiger partial charge in [0.25, 0.3) is 5.91 Å². The highest BCUT2D eigenvalue weighted by Crippen LogP contribution is 2.32. The molecular formula is C20H20FN3O5. The number of rotatable bonds is 8. The summed E-state index contributed by atoms with van der Waals surface area (Å²) in [5.41, 5.74) is -0.389. The molecule has 2 unspecified atom stereocenters. The minimum Gasteiger partial charge on any atom is -0.481 e. The molecule has 1 aliphatic heterocycles. The van der Waals surface area contributed by atoms with E-state index in [1.54, 1.807) is 13.1 Å². The first-order valence-electron chi connectivity index (χ1n) is 9.11. The highest BCUT2D eigenvalue weighted by Gasteiger charge is 2.47. The Hall–Kier alpha value is -3.36. The number of nitrogens with one attached hydrogen (secondary N) is 1. The number of carboxylic acids is 1. The lowest BCUT2D eigenvalue weighted by molar-refractivity contribution is -0.148. The van der Waals surface area contributed by atoms with Crippen LogP contribution in [0.2, 0.25) is 0 Å². The van der Waals surface area contributed by atoms with E-state index in [0.29, 0.717) is 11.4 Å². The Balaban J connectivity index is 1.83. The van der Waals surface area contributed by atoms with Gasteiger partial charge in [-0.25, -0.2) is 4.39 Å². The van der Waals surface area contributed by atoms with Crippen LogP contribution in [0.5, 0.6) is 0 Å². The molecule has 2 heterocycles. The van der Waals surface area contributed by atoms with E-state index < -0.39 is 42.4 Å². The van der Waals surface area contributed by atoms with Crippen molar-refractivity contribution in [3.63, 3.8) is 0 Å². The molecule has 0 saturated carbocycles. The number of aromatic nitrogens is 1. The van der Waals surface area contributed by atoms with Gasteiger partial charge in [-0.05, 0) is 17.9 Å². The minimum absolute atomic E-state index is 0.0833. The first-order chi connectivity index (χ1) is 13.9. The number of hydrogen-bond acceptors (Lipinski definition) is 6. The van der Waals surface area contributed by atoms with Crippen molar-refractivity contribution in [2.75, 3.05) is 6.67 Å². The van der Waals surface area contributed by atoms with Gasteiger partial charge in [0.15, 0.2) is 5.78 Å². The molecule has 29 heavy (non-hydrogen) atoms. The number of pyridine rings is 1. The molecule has 0 bridgehead atoms. The van der Waals surface area contributed by atoms with Crippen LogP contribution in [0, 0.1) is 0 Å². The fraction of sp³-hybridized carbons (Fsp3) is 0.350. The standard InChI is InChI=1S/C20H20FN3O5/c1-2-20(19(28)23-14(9-17(26)27)16(25)11-21)10-15(24-29-20)18-13-6-4-3-5-12(13)7-8-22-18/h3-8,14H,2,9-11H2,1H3,(H,23,28)(H,26,27). The van der Waals surface area contributed by atoms with Gasteiger partial charge in [-0.3, -0.25) is 19.4 Å². The van der Waals surface area contributed by atoms with Crippen molar-refractivity contribution in [2.24, 2.45) is 5.16 Å². The van der Waals surface area contributed by atoms with Crippen LogP contribution in [0.4, 0.5) is 4.39 Å². The maximum atomic E-state index is 12.9. The molecule has 0 fully saturated rings. The Morgan fingerprint density at radius 3 is 2.76 bits per heavy atom. The molecular weight excluding hydrogens is 381 g/mol. The van der Waals surface area contributed by atoms with Crippen LogP contribution in [0.25, 0.3) is 10.8 Å². The molecule has 0 aliphatic carbocycles. The summed E-state index contributed by atoms with van der Waals surface area (Å²) in [4.78, 5) is 45.3. The van der Waals surface area contributed by atoms with Crippen LogP contribution in [-0.2, 0) is 19.2 Å². The Labute approximate surface area is 165 Å². The molecule has 0 radical (unpaired) electrons. The average molecular weight is 401 g/mol. The van der Waals surface area contributed by atoms with Crippen LogP contribution in [0.1, 0.15) is 31.9 Å². The average Bonchev–Trinajstić information content (AvgIpc) is 3.17. The third-order valence-electron chi connectivity index (χ3n) is 4.92. The maximum Gasteiger partial charge on any atom is 0.305 e. The second-order valence-corrected chi connectivity index (χ2v) is 6.76. The Morgan fingerprint density at radius 1 is 1.31 bits per heavy atom. The van der Waals surface area contributed by atoms with Crippen LogP contribution >= 0.6 is 0 Å². The number of oxime groups is 1. The van der Waals surface area contributed by atoms with Crippen LogP contribution in [0.15, 0.2) is 41.7 Å². The van der Waals surface area contributed by atoms with Crippen molar-refractivity contribution in [3.05, 3.63) is 42.2 Å². The highest BCUT2D eigenvalue weighted by molar-refractivity contribution is 6.12. The number of amides is 1. The second-order valence-electron chi connectivity index (χ2n) is 6.76. The van der Waals surface area contributed by atoms with Crippen molar-refractivity contribution in [1.29, 1.82) is 0 Å². The minimum atomic E-state index is -1.48. The molecule has 152 valence electrons. The number of Topliss-reactive ketones (excluding diaryl/α,β-unsaturated/α-hetero) is 1. The summed E-state index contributed by atoms with van der Waals surface area (Å²) < 4.78 is 12.8. The molecule has 2 atom stereocenters. The molecule has 2 aromatic rings. The van der Waals surface area contributed by atoms with Gasteiger partial charge in [0.05, 0.1) is 12.1 Å². The van der Waals surface area contributed by atoms with Gasteiger partial charge in [-0.1, -0.05) is 36.3 Å². The molecule has 1 aromatic heterocycles. The van der Waals surface area contributed by atoms with Crippen molar-refractivity contribution in [1.82, 2.24) is 10.3 Å². The van der Waals surface area contributed by atoms with Gasteiger partial charge < -0.3 is 15.3 Å². The summed E-state index contributed by atoms with van der Waals surface area (Å²) in [6.07, 6.45) is 1.21. The van der Waals surface area contributed by atoms with E-state index in [1.807, 2.05) is 30.3 Å². The first-order valence-corrected chi connectivity index (χ1v) is 9.11. The quantitative estimate of drug-likeness (QED) is 0.699. The molecule has 1 amide bonds. The summed E-state index contributed by atoms with van der Waals surface area (Å²) in [5.74, 6) is -3.05. The Kier molecular flexibility index (Phi) is 5.86. The normalized spacial score (nSPS) is 19.3. The Morgan fingerprint density at radius 2 is 2.07 bits per heavy atom. The summed E-state index contributed by atoms with van der Waals surface area (Å²) >= 11 is 0. The van der Waals surface area contributed by atoms with E-state index in [4.69, 9.17) is 9.94 Å². The topological polar surface area (TPSA) is 118 Å². The van der Waals surface area contributed by atoms with Crippen molar-refractivity contribution in [2.45, 2.75) is 37.8 Å². The van der Waals surface area contributed by atoms with Gasteiger partial charge in [-0.2, -0.15) is 0 Å². The van der Waals surface area contributed by atoms with E-state index >= 15 is 0 Å². The van der Waals surface area contributed by atoms with Crippen molar-refractivity contribution < 1.29 is 28.7 Å². The molecule has 2 N–H and O–H groups in total. The number of ketones is 1. The van der Waals surface area contributed by atoms with E-state index in [0.717, 1.165) is 10.8 Å². The summed E-state index contributed by atoms with van der Waals surface area (Å²) in [5, 5.41) is 17.1. The van der Waals surface area contributed by atoms with E-state index in [-0.39, 0.29) is 12.8 Å². The number of nitrogens with zero attached hydrogens (tertiary/aromatic N) is 2. The van der Waals surface area contributed by atoms with E-state index in [1.165, 1.54) is 0 Å². The van der Waals surface area contributed by atoms with Gasteiger partial charge >= 0.3 is 5.97 Å². The molecule has 9 heteroatoms. The predicted molar refractivity (Wildman–Crippen MR) is 102 cm³/mol. The zero-order chi connectivity index (χ0) is 21.0. The fourth-order valence-electron chi connectivity index (χ4n) is 3.23. The monoisotopic (exact) mass is 401 g/mol. The van der Waals surface area contributed by atoms with E-state index in [2.05, 4.69) is 15.5 Å². The lowest BCUT2D eigenvalue weighted by Gasteiger charge is -2.26. The number of benzene rings is 1. The molecule has 3 rings (SSSR count). The largest absolute Gasteiger partial charge is 0.481 e. The molecule has 8 nitrogen and oxygen atoms in total. The summed E-state index contributed by atoms with van der Waals surface area (Å²) in [6, 6.07) is 7.95. The number of halogens is 1. The zero-order valence-electron chi connectivity index (χ0n) is 15.7. The smallest absolute Gasteiger partial charge is 0.305 e.